The van der Waals surface area contributed by atoms with Crippen LogP contribution in [0.15, 0.2) is 78.4 Å². The molecule has 0 bridgehead atoms. The normalized spacial score (nSPS) is 16.4. The number of hydrogen-bond acceptors (Lipinski definition) is 6. The first-order valence-corrected chi connectivity index (χ1v) is 10.5. The van der Waals surface area contributed by atoms with Crippen LogP contribution in [0.4, 0.5) is 0 Å². The molecule has 4 rings (SSSR count). The zero-order chi connectivity index (χ0) is 22.7. The standard InChI is InChI=1S/C25H27N5O2/c1-6-14-32-24-17(3)30(4)16(2)23(31-5)22(24)19-12-13-20(18-10-8-7-9-11-18)21(15-19)25-26-28-29-27-25/h6-13,15,17H,1,14H2,2-5H3,(H,26,27,28,29). The molecule has 7 nitrogen and oxygen atoms in total. The van der Waals surface area contributed by atoms with Gasteiger partial charge in [0.15, 0.2) is 0 Å². The predicted molar refractivity (Wildman–Crippen MR) is 125 cm³/mol. The SMILES string of the molecule is C=CCOC1=C(c2ccc(-c3ccccc3)c(-c3nn[nH]n3)c2)C(OC)=C(C)N(C)C1C. The lowest BCUT2D eigenvalue weighted by molar-refractivity contribution is 0.167. The summed E-state index contributed by atoms with van der Waals surface area (Å²) in [4.78, 5) is 2.15. The quantitative estimate of drug-likeness (QED) is 0.551. The van der Waals surface area contributed by atoms with Crippen LogP contribution in [-0.4, -0.2) is 52.3 Å². The molecular formula is C25H27N5O2. The number of likely N-dealkylation sites (N-methyl/N-ethyl adjacent to an activating group) is 1. The van der Waals surface area contributed by atoms with Crippen molar-refractivity contribution in [1.82, 2.24) is 25.5 Å². The lowest BCUT2D eigenvalue weighted by Crippen LogP contribution is -2.35. The number of rotatable bonds is 7. The number of nitrogens with one attached hydrogen (secondary N) is 1. The molecule has 1 aliphatic heterocycles. The minimum Gasteiger partial charge on any atom is -0.494 e. The number of aromatic amines is 1. The Labute approximate surface area is 188 Å². The number of ether oxygens (including phenoxy) is 2. The zero-order valence-corrected chi connectivity index (χ0v) is 18.8. The molecule has 32 heavy (non-hydrogen) atoms. The maximum absolute atomic E-state index is 6.16. The van der Waals surface area contributed by atoms with Crippen LogP contribution in [0.5, 0.6) is 0 Å². The summed E-state index contributed by atoms with van der Waals surface area (Å²) in [6, 6.07) is 16.4. The van der Waals surface area contributed by atoms with Crippen molar-refractivity contribution in [1.29, 1.82) is 0 Å². The number of methoxy groups -OCH3 is 1. The third-order valence-corrected chi connectivity index (χ3v) is 5.83. The molecule has 0 fully saturated rings. The maximum atomic E-state index is 6.16. The minimum atomic E-state index is 0.0336. The second-order valence-electron chi connectivity index (χ2n) is 7.61. The van der Waals surface area contributed by atoms with Gasteiger partial charge in [-0.25, -0.2) is 0 Å². The molecule has 1 unspecified atom stereocenters. The van der Waals surface area contributed by atoms with Gasteiger partial charge in [0.25, 0.3) is 0 Å². The summed E-state index contributed by atoms with van der Waals surface area (Å²) in [6.07, 6.45) is 1.75. The van der Waals surface area contributed by atoms with Gasteiger partial charge in [-0.15, -0.1) is 10.2 Å². The number of tetrazole rings is 1. The Morgan fingerprint density at radius 3 is 2.56 bits per heavy atom. The first-order valence-electron chi connectivity index (χ1n) is 10.5. The van der Waals surface area contributed by atoms with E-state index >= 15 is 0 Å². The summed E-state index contributed by atoms with van der Waals surface area (Å²) in [7, 11) is 3.72. The maximum Gasteiger partial charge on any atom is 0.205 e. The molecule has 164 valence electrons. The van der Waals surface area contributed by atoms with Crippen LogP contribution in [0, 0.1) is 0 Å². The Hall–Kier alpha value is -3.87. The van der Waals surface area contributed by atoms with Crippen LogP contribution in [0.25, 0.3) is 28.1 Å². The van der Waals surface area contributed by atoms with Crippen LogP contribution in [-0.2, 0) is 9.47 Å². The molecule has 1 N–H and O–H groups in total. The summed E-state index contributed by atoms with van der Waals surface area (Å²) in [6.45, 7) is 8.38. The van der Waals surface area contributed by atoms with Crippen LogP contribution in [0.1, 0.15) is 19.4 Å². The topological polar surface area (TPSA) is 76.2 Å². The predicted octanol–water partition coefficient (Wildman–Crippen LogP) is 4.66. The van der Waals surface area contributed by atoms with E-state index in [1.165, 1.54) is 0 Å². The second kappa shape index (κ2) is 9.09. The Bertz CT molecular complexity index is 1170. The Morgan fingerprint density at radius 2 is 1.91 bits per heavy atom. The highest BCUT2D eigenvalue weighted by Gasteiger charge is 2.32. The van der Waals surface area contributed by atoms with E-state index in [1.54, 1.807) is 13.2 Å². The molecule has 1 aliphatic rings. The molecule has 0 spiro atoms. The average molecular weight is 430 g/mol. The van der Waals surface area contributed by atoms with Gasteiger partial charge in [0.1, 0.15) is 18.1 Å². The van der Waals surface area contributed by atoms with Gasteiger partial charge >= 0.3 is 0 Å². The first kappa shape index (κ1) is 21.4. The number of allylic oxidation sites excluding steroid dienone is 2. The van der Waals surface area contributed by atoms with E-state index in [-0.39, 0.29) is 6.04 Å². The van der Waals surface area contributed by atoms with Crippen molar-refractivity contribution < 1.29 is 9.47 Å². The fraction of sp³-hybridized carbons (Fsp3) is 0.240. The summed E-state index contributed by atoms with van der Waals surface area (Å²) in [5.41, 5.74) is 5.88. The lowest BCUT2D eigenvalue weighted by atomic mass is 9.90. The minimum absolute atomic E-state index is 0.0336. The van der Waals surface area contributed by atoms with Gasteiger partial charge in [-0.05, 0) is 41.8 Å². The van der Waals surface area contributed by atoms with Gasteiger partial charge in [-0.3, -0.25) is 0 Å². The van der Waals surface area contributed by atoms with Crippen molar-refractivity contribution in [3.05, 3.63) is 84.0 Å². The molecule has 1 atom stereocenters. The monoisotopic (exact) mass is 429 g/mol. The van der Waals surface area contributed by atoms with E-state index in [0.29, 0.717) is 12.4 Å². The van der Waals surface area contributed by atoms with Crippen molar-refractivity contribution in [2.75, 3.05) is 20.8 Å². The Morgan fingerprint density at radius 1 is 1.12 bits per heavy atom. The van der Waals surface area contributed by atoms with Gasteiger partial charge < -0.3 is 14.4 Å². The van der Waals surface area contributed by atoms with Crippen LogP contribution in [0.2, 0.25) is 0 Å². The van der Waals surface area contributed by atoms with E-state index in [9.17, 15) is 0 Å². The molecular weight excluding hydrogens is 402 g/mol. The number of benzene rings is 2. The third kappa shape index (κ3) is 3.77. The molecule has 0 saturated heterocycles. The lowest BCUT2D eigenvalue weighted by Gasteiger charge is -2.37. The molecule has 3 aromatic rings. The summed E-state index contributed by atoms with van der Waals surface area (Å²) >= 11 is 0. The Balaban J connectivity index is 1.95. The summed E-state index contributed by atoms with van der Waals surface area (Å²) < 4.78 is 12.0. The van der Waals surface area contributed by atoms with Gasteiger partial charge in [0.2, 0.25) is 5.82 Å². The van der Waals surface area contributed by atoms with Crippen molar-refractivity contribution in [2.45, 2.75) is 19.9 Å². The number of H-pyrrole nitrogens is 1. The molecule has 0 aliphatic carbocycles. The molecule has 2 heterocycles. The highest BCUT2D eigenvalue weighted by Crippen LogP contribution is 2.41. The molecule has 0 amide bonds. The van der Waals surface area contributed by atoms with E-state index < -0.39 is 0 Å². The van der Waals surface area contributed by atoms with Crippen LogP contribution >= 0.6 is 0 Å². The van der Waals surface area contributed by atoms with Gasteiger partial charge in [-0.2, -0.15) is 5.21 Å². The average Bonchev–Trinajstić information content (AvgIpc) is 3.37. The van der Waals surface area contributed by atoms with Crippen LogP contribution < -0.4 is 0 Å². The van der Waals surface area contributed by atoms with E-state index in [1.807, 2.05) is 25.2 Å². The third-order valence-electron chi connectivity index (χ3n) is 5.83. The summed E-state index contributed by atoms with van der Waals surface area (Å²) in [5.74, 6) is 2.14. The van der Waals surface area contributed by atoms with E-state index in [2.05, 4.69) is 76.3 Å². The Kier molecular flexibility index (Phi) is 6.07. The molecule has 0 saturated carbocycles. The van der Waals surface area contributed by atoms with Crippen molar-refractivity contribution >= 4 is 5.57 Å². The zero-order valence-electron chi connectivity index (χ0n) is 18.8. The molecule has 7 heteroatoms. The van der Waals surface area contributed by atoms with Crippen molar-refractivity contribution in [3.63, 3.8) is 0 Å². The van der Waals surface area contributed by atoms with Gasteiger partial charge in [0, 0.05) is 12.6 Å². The number of aromatic nitrogens is 4. The second-order valence-corrected chi connectivity index (χ2v) is 7.61. The molecule has 2 aromatic carbocycles. The van der Waals surface area contributed by atoms with E-state index in [0.717, 1.165) is 45.0 Å². The van der Waals surface area contributed by atoms with Crippen molar-refractivity contribution in [3.8, 4) is 22.5 Å². The highest BCUT2D eigenvalue weighted by molar-refractivity contribution is 5.88. The van der Waals surface area contributed by atoms with Crippen LogP contribution in [0.3, 0.4) is 0 Å². The molecule has 0 radical (unpaired) electrons. The van der Waals surface area contributed by atoms with Gasteiger partial charge in [-0.1, -0.05) is 55.1 Å². The highest BCUT2D eigenvalue weighted by atomic mass is 16.5. The number of nitrogens with zero attached hydrogens (tertiary/aromatic N) is 4. The molecule has 1 aromatic heterocycles. The van der Waals surface area contributed by atoms with Crippen molar-refractivity contribution in [2.24, 2.45) is 0 Å². The smallest absolute Gasteiger partial charge is 0.205 e. The largest absolute Gasteiger partial charge is 0.494 e. The fourth-order valence-electron chi connectivity index (χ4n) is 4.02. The number of hydrogen-bond donors (Lipinski definition) is 1. The van der Waals surface area contributed by atoms with E-state index in [4.69, 9.17) is 9.47 Å². The van der Waals surface area contributed by atoms with Gasteiger partial charge in [0.05, 0.1) is 24.4 Å². The fourth-order valence-corrected chi connectivity index (χ4v) is 4.02. The first-order chi connectivity index (χ1) is 15.6. The summed E-state index contributed by atoms with van der Waals surface area (Å²) in [5, 5.41) is 14.8.